The SMILES string of the molecule is C=CC(=O)N(Cc1ccnn1CC)c1cc(NC(=O)CC)ccc1C. The van der Waals surface area contributed by atoms with Crippen molar-refractivity contribution in [2.24, 2.45) is 0 Å². The maximum Gasteiger partial charge on any atom is 0.250 e. The summed E-state index contributed by atoms with van der Waals surface area (Å²) >= 11 is 0. The number of aromatic nitrogens is 2. The molecule has 2 aromatic rings. The molecule has 0 radical (unpaired) electrons. The van der Waals surface area contributed by atoms with Gasteiger partial charge in [0.1, 0.15) is 0 Å². The van der Waals surface area contributed by atoms with Gasteiger partial charge in [0.05, 0.1) is 12.2 Å². The van der Waals surface area contributed by atoms with Gasteiger partial charge in [-0.3, -0.25) is 14.3 Å². The van der Waals surface area contributed by atoms with Crippen molar-refractivity contribution in [2.45, 2.75) is 40.3 Å². The van der Waals surface area contributed by atoms with Gasteiger partial charge >= 0.3 is 0 Å². The zero-order valence-corrected chi connectivity index (χ0v) is 15.0. The Morgan fingerprint density at radius 1 is 1.32 bits per heavy atom. The summed E-state index contributed by atoms with van der Waals surface area (Å²) in [5, 5.41) is 7.09. The van der Waals surface area contributed by atoms with Gasteiger partial charge in [-0.1, -0.05) is 19.6 Å². The second-order valence-electron chi connectivity index (χ2n) is 5.67. The van der Waals surface area contributed by atoms with Crippen molar-refractivity contribution in [3.05, 3.63) is 54.4 Å². The van der Waals surface area contributed by atoms with Gasteiger partial charge in [-0.2, -0.15) is 5.10 Å². The van der Waals surface area contributed by atoms with Crippen LogP contribution < -0.4 is 10.2 Å². The molecule has 0 saturated carbocycles. The molecular weight excluding hydrogens is 316 g/mol. The molecule has 0 fully saturated rings. The highest BCUT2D eigenvalue weighted by Gasteiger charge is 2.18. The van der Waals surface area contributed by atoms with E-state index in [1.165, 1.54) is 6.08 Å². The highest BCUT2D eigenvalue weighted by molar-refractivity contribution is 6.02. The average Bonchev–Trinajstić information content (AvgIpc) is 3.08. The zero-order valence-electron chi connectivity index (χ0n) is 15.0. The van der Waals surface area contributed by atoms with Crippen molar-refractivity contribution >= 4 is 23.2 Å². The summed E-state index contributed by atoms with van der Waals surface area (Å²) in [6.45, 7) is 10.4. The second kappa shape index (κ2) is 8.28. The van der Waals surface area contributed by atoms with E-state index in [1.807, 2.05) is 42.8 Å². The first-order valence-electron chi connectivity index (χ1n) is 8.35. The highest BCUT2D eigenvalue weighted by Crippen LogP contribution is 2.26. The summed E-state index contributed by atoms with van der Waals surface area (Å²) < 4.78 is 1.85. The van der Waals surface area contributed by atoms with Crippen LogP contribution >= 0.6 is 0 Å². The molecule has 0 aliphatic heterocycles. The Balaban J connectivity index is 2.40. The Labute approximate surface area is 148 Å². The van der Waals surface area contributed by atoms with E-state index in [0.29, 0.717) is 18.7 Å². The molecule has 2 rings (SSSR count). The summed E-state index contributed by atoms with van der Waals surface area (Å²) in [6.07, 6.45) is 3.41. The Bertz CT molecular complexity index is 779. The monoisotopic (exact) mass is 340 g/mol. The van der Waals surface area contributed by atoms with Crippen molar-refractivity contribution in [2.75, 3.05) is 10.2 Å². The molecule has 0 saturated heterocycles. The third-order valence-electron chi connectivity index (χ3n) is 3.97. The summed E-state index contributed by atoms with van der Waals surface area (Å²) in [4.78, 5) is 25.8. The van der Waals surface area contributed by atoms with E-state index in [9.17, 15) is 9.59 Å². The van der Waals surface area contributed by atoms with Gasteiger partial charge in [-0.15, -0.1) is 0 Å². The molecule has 25 heavy (non-hydrogen) atoms. The van der Waals surface area contributed by atoms with Gasteiger partial charge < -0.3 is 10.2 Å². The highest BCUT2D eigenvalue weighted by atomic mass is 16.2. The molecule has 2 amide bonds. The Hall–Kier alpha value is -2.89. The number of hydrogen-bond donors (Lipinski definition) is 1. The normalized spacial score (nSPS) is 10.4. The largest absolute Gasteiger partial charge is 0.326 e. The molecule has 0 unspecified atom stereocenters. The van der Waals surface area contributed by atoms with Crippen LogP contribution in [0.1, 0.15) is 31.5 Å². The number of amides is 2. The molecule has 1 heterocycles. The molecule has 1 aromatic heterocycles. The lowest BCUT2D eigenvalue weighted by atomic mass is 10.1. The van der Waals surface area contributed by atoms with Crippen molar-refractivity contribution in [1.82, 2.24) is 9.78 Å². The average molecular weight is 340 g/mol. The fraction of sp³-hybridized carbons (Fsp3) is 0.316. The van der Waals surface area contributed by atoms with E-state index in [1.54, 1.807) is 18.0 Å². The number of aryl methyl sites for hydroxylation is 2. The number of nitrogens with zero attached hydrogens (tertiary/aromatic N) is 3. The van der Waals surface area contributed by atoms with E-state index in [-0.39, 0.29) is 11.8 Å². The summed E-state index contributed by atoms with van der Waals surface area (Å²) in [6, 6.07) is 7.43. The number of anilines is 2. The first kappa shape index (κ1) is 18.4. The molecule has 1 N–H and O–H groups in total. The van der Waals surface area contributed by atoms with Crippen LogP contribution in [0.25, 0.3) is 0 Å². The van der Waals surface area contributed by atoms with E-state index >= 15 is 0 Å². The molecule has 1 aromatic carbocycles. The van der Waals surface area contributed by atoms with Crippen molar-refractivity contribution in [3.8, 4) is 0 Å². The maximum atomic E-state index is 12.5. The minimum absolute atomic E-state index is 0.0690. The quantitative estimate of drug-likeness (QED) is 0.787. The molecule has 0 atom stereocenters. The minimum Gasteiger partial charge on any atom is -0.326 e. The molecule has 0 aliphatic carbocycles. The van der Waals surface area contributed by atoms with Gasteiger partial charge in [0.2, 0.25) is 5.91 Å². The third kappa shape index (κ3) is 4.35. The second-order valence-corrected chi connectivity index (χ2v) is 5.67. The van der Waals surface area contributed by atoms with Gasteiger partial charge in [0.15, 0.2) is 0 Å². The predicted molar refractivity (Wildman–Crippen MR) is 99.4 cm³/mol. The van der Waals surface area contributed by atoms with Crippen LogP contribution in [0.5, 0.6) is 0 Å². The lowest BCUT2D eigenvalue weighted by Crippen LogP contribution is -2.30. The summed E-state index contributed by atoms with van der Waals surface area (Å²) in [5.41, 5.74) is 3.27. The van der Waals surface area contributed by atoms with Gasteiger partial charge in [0.25, 0.3) is 5.91 Å². The number of rotatable bonds is 7. The van der Waals surface area contributed by atoms with Crippen molar-refractivity contribution in [3.63, 3.8) is 0 Å². The first-order valence-corrected chi connectivity index (χ1v) is 8.35. The van der Waals surface area contributed by atoms with Gasteiger partial charge in [-0.05, 0) is 43.7 Å². The summed E-state index contributed by atoms with van der Waals surface area (Å²) in [7, 11) is 0. The van der Waals surface area contributed by atoms with Gasteiger partial charge in [0, 0.05) is 30.5 Å². The zero-order chi connectivity index (χ0) is 18.4. The van der Waals surface area contributed by atoms with Crippen LogP contribution in [0.15, 0.2) is 43.1 Å². The fourth-order valence-electron chi connectivity index (χ4n) is 2.56. The Morgan fingerprint density at radius 3 is 2.72 bits per heavy atom. The topological polar surface area (TPSA) is 67.2 Å². The Morgan fingerprint density at radius 2 is 2.08 bits per heavy atom. The van der Waals surface area contributed by atoms with Crippen LogP contribution in [0.2, 0.25) is 0 Å². The van der Waals surface area contributed by atoms with Crippen molar-refractivity contribution < 1.29 is 9.59 Å². The lowest BCUT2D eigenvalue weighted by Gasteiger charge is -2.24. The fourth-order valence-corrected chi connectivity index (χ4v) is 2.56. The van der Waals surface area contributed by atoms with E-state index in [0.717, 1.165) is 23.5 Å². The van der Waals surface area contributed by atoms with Crippen molar-refractivity contribution in [1.29, 1.82) is 0 Å². The van der Waals surface area contributed by atoms with Crippen LogP contribution in [-0.2, 0) is 22.7 Å². The van der Waals surface area contributed by atoms with Crippen LogP contribution in [0.4, 0.5) is 11.4 Å². The molecule has 6 heteroatoms. The van der Waals surface area contributed by atoms with Crippen LogP contribution in [0, 0.1) is 6.92 Å². The summed E-state index contributed by atoms with van der Waals surface area (Å²) in [5.74, 6) is -0.272. The Kier molecular flexibility index (Phi) is 6.11. The standard InChI is InChI=1S/C19H24N4O2/c1-5-18(24)21-15-9-8-14(4)17(12-15)22(19(25)6-2)13-16-10-11-20-23(16)7-3/h6,8-12H,2,5,7,13H2,1,3-4H3,(H,21,24). The van der Waals surface area contributed by atoms with E-state index < -0.39 is 0 Å². The molecule has 132 valence electrons. The first-order chi connectivity index (χ1) is 12.0. The number of carbonyl (C=O) groups is 2. The number of nitrogens with one attached hydrogen (secondary N) is 1. The molecule has 0 spiro atoms. The van der Waals surface area contributed by atoms with E-state index in [2.05, 4.69) is 17.0 Å². The molecule has 0 aliphatic rings. The molecule has 0 bridgehead atoms. The number of hydrogen-bond acceptors (Lipinski definition) is 3. The van der Waals surface area contributed by atoms with Crippen LogP contribution in [0.3, 0.4) is 0 Å². The number of benzene rings is 1. The minimum atomic E-state index is -0.203. The predicted octanol–water partition coefficient (Wildman–Crippen LogP) is 3.28. The maximum absolute atomic E-state index is 12.5. The van der Waals surface area contributed by atoms with E-state index in [4.69, 9.17) is 0 Å². The number of carbonyl (C=O) groups excluding carboxylic acids is 2. The smallest absolute Gasteiger partial charge is 0.250 e. The molecule has 6 nitrogen and oxygen atoms in total. The third-order valence-corrected chi connectivity index (χ3v) is 3.97. The van der Waals surface area contributed by atoms with Gasteiger partial charge in [-0.25, -0.2) is 0 Å². The van der Waals surface area contributed by atoms with Crippen LogP contribution in [-0.4, -0.2) is 21.6 Å². The lowest BCUT2D eigenvalue weighted by molar-refractivity contribution is -0.116. The molecular formula is C19H24N4O2.